The van der Waals surface area contributed by atoms with Crippen LogP contribution < -0.4 is 0 Å². The summed E-state index contributed by atoms with van der Waals surface area (Å²) in [7, 11) is -4.75. The number of ether oxygens (including phenoxy) is 2. The van der Waals surface area contributed by atoms with Crippen LogP contribution in [0.4, 0.5) is 0 Å². The minimum absolute atomic E-state index is 0.194. The zero-order valence-corrected chi connectivity index (χ0v) is 28.0. The average molecular weight is 629 g/mol. The molecule has 1 unspecified atom stereocenters. The molecule has 0 aliphatic carbocycles. The molecule has 8 nitrogen and oxygen atoms in total. The number of phosphoric ester groups is 1. The molecular weight excluding hydrogens is 567 g/mol. The molecule has 0 spiro atoms. The highest BCUT2D eigenvalue weighted by Crippen LogP contribution is 2.35. The Bertz CT molecular complexity index is 802. The number of rotatable bonds is 30. The topological polar surface area (TPSA) is 119 Å². The number of phosphoric acid groups is 1. The van der Waals surface area contributed by atoms with Crippen molar-refractivity contribution in [1.29, 1.82) is 0 Å². The van der Waals surface area contributed by atoms with E-state index in [-0.39, 0.29) is 19.4 Å². The van der Waals surface area contributed by atoms with E-state index in [0.717, 1.165) is 83.5 Å². The number of allylic oxidation sites excluding steroid dienone is 6. The Morgan fingerprint density at radius 1 is 0.605 bits per heavy atom. The molecule has 43 heavy (non-hydrogen) atoms. The van der Waals surface area contributed by atoms with E-state index in [4.69, 9.17) is 19.3 Å². The molecule has 0 aliphatic heterocycles. The first-order valence-corrected chi connectivity index (χ1v) is 18.3. The molecule has 0 saturated carbocycles. The molecule has 0 rings (SSSR count). The summed E-state index contributed by atoms with van der Waals surface area (Å²) in [6.45, 7) is 3.55. The Kier molecular flexibility index (Phi) is 29.1. The van der Waals surface area contributed by atoms with E-state index in [2.05, 4.69) is 54.8 Å². The second-order valence-electron chi connectivity index (χ2n) is 11.1. The summed E-state index contributed by atoms with van der Waals surface area (Å²) in [6.07, 6.45) is 32.9. The van der Waals surface area contributed by atoms with Gasteiger partial charge in [-0.25, -0.2) is 4.57 Å². The Balaban J connectivity index is 4.06. The van der Waals surface area contributed by atoms with Crippen LogP contribution in [0.1, 0.15) is 149 Å². The smallest absolute Gasteiger partial charge is 0.462 e. The van der Waals surface area contributed by atoms with Gasteiger partial charge in [0.1, 0.15) is 6.61 Å². The summed E-state index contributed by atoms with van der Waals surface area (Å²) in [4.78, 5) is 42.5. The summed E-state index contributed by atoms with van der Waals surface area (Å²) < 4.78 is 26.2. The van der Waals surface area contributed by atoms with Gasteiger partial charge in [-0.3, -0.25) is 14.1 Å². The van der Waals surface area contributed by atoms with Crippen molar-refractivity contribution in [2.45, 2.75) is 155 Å². The van der Waals surface area contributed by atoms with Gasteiger partial charge in [0.2, 0.25) is 0 Å². The zero-order valence-electron chi connectivity index (χ0n) is 27.1. The van der Waals surface area contributed by atoms with Crippen LogP contribution in [-0.4, -0.2) is 41.0 Å². The molecule has 0 saturated heterocycles. The highest BCUT2D eigenvalue weighted by molar-refractivity contribution is 7.46. The van der Waals surface area contributed by atoms with E-state index in [1.54, 1.807) is 0 Å². The van der Waals surface area contributed by atoms with Crippen LogP contribution in [0.3, 0.4) is 0 Å². The van der Waals surface area contributed by atoms with E-state index < -0.39 is 32.5 Å². The van der Waals surface area contributed by atoms with Crippen LogP contribution >= 0.6 is 7.82 Å². The van der Waals surface area contributed by atoms with Crippen LogP contribution in [0.15, 0.2) is 36.5 Å². The van der Waals surface area contributed by atoms with Gasteiger partial charge in [-0.2, -0.15) is 0 Å². The number of carbonyl (C=O) groups is 2. The molecule has 0 radical (unpaired) electrons. The van der Waals surface area contributed by atoms with Crippen molar-refractivity contribution >= 4 is 19.8 Å². The predicted octanol–water partition coefficient (Wildman–Crippen LogP) is 9.45. The predicted molar refractivity (Wildman–Crippen MR) is 175 cm³/mol. The summed E-state index contributed by atoms with van der Waals surface area (Å²) in [5.41, 5.74) is 0. The van der Waals surface area contributed by atoms with Crippen molar-refractivity contribution in [3.05, 3.63) is 36.5 Å². The van der Waals surface area contributed by atoms with Crippen LogP contribution in [0.5, 0.6) is 0 Å². The fraction of sp³-hybridized carbons (Fsp3) is 0.765. The molecule has 0 aromatic heterocycles. The molecule has 0 aromatic rings. The van der Waals surface area contributed by atoms with Gasteiger partial charge in [-0.15, -0.1) is 0 Å². The molecule has 0 bridgehead atoms. The number of hydrogen-bond acceptors (Lipinski definition) is 6. The zero-order chi connectivity index (χ0) is 31.9. The van der Waals surface area contributed by atoms with Gasteiger partial charge < -0.3 is 19.3 Å². The summed E-state index contributed by atoms with van der Waals surface area (Å²) >= 11 is 0. The van der Waals surface area contributed by atoms with Crippen molar-refractivity contribution in [3.63, 3.8) is 0 Å². The third kappa shape index (κ3) is 33.0. The SMILES string of the molecule is CCCC/C=C\C/C=C\CCCCCCCC(=O)OC(COC(=O)CCCCCCC/C=C\CCCC)COP(=O)(O)O. The quantitative estimate of drug-likeness (QED) is 0.0349. The lowest BCUT2D eigenvalue weighted by atomic mass is 10.1. The van der Waals surface area contributed by atoms with Gasteiger partial charge in [-0.1, -0.05) is 115 Å². The lowest BCUT2D eigenvalue weighted by molar-refractivity contribution is -0.161. The maximum atomic E-state index is 12.3. The Morgan fingerprint density at radius 2 is 1.05 bits per heavy atom. The Hall–Kier alpha value is -1.73. The molecular formula is C34H61O8P. The summed E-state index contributed by atoms with van der Waals surface area (Å²) in [5.74, 6) is -0.917. The second-order valence-corrected chi connectivity index (χ2v) is 12.4. The molecule has 0 amide bonds. The molecule has 250 valence electrons. The number of hydrogen-bond donors (Lipinski definition) is 2. The fourth-order valence-corrected chi connectivity index (χ4v) is 4.67. The van der Waals surface area contributed by atoms with Gasteiger partial charge in [-0.05, 0) is 57.8 Å². The van der Waals surface area contributed by atoms with E-state index in [1.807, 2.05) is 0 Å². The van der Waals surface area contributed by atoms with Crippen LogP contribution in [-0.2, 0) is 28.2 Å². The van der Waals surface area contributed by atoms with Crippen LogP contribution in [0.2, 0.25) is 0 Å². The van der Waals surface area contributed by atoms with E-state index in [1.165, 1.54) is 25.7 Å². The third-order valence-electron chi connectivity index (χ3n) is 6.88. The number of carbonyl (C=O) groups excluding carboxylic acids is 2. The van der Waals surface area contributed by atoms with E-state index >= 15 is 0 Å². The second kappa shape index (κ2) is 30.3. The minimum atomic E-state index is -4.75. The maximum Gasteiger partial charge on any atom is 0.469 e. The highest BCUT2D eigenvalue weighted by Gasteiger charge is 2.22. The van der Waals surface area contributed by atoms with Crippen molar-refractivity contribution in [2.24, 2.45) is 0 Å². The lowest BCUT2D eigenvalue weighted by Crippen LogP contribution is -2.29. The standard InChI is InChI=1S/C34H61O8P/c1-3-5-7-9-11-13-15-16-17-19-21-23-25-27-29-34(36)42-32(31-41-43(37,38)39)30-40-33(35)28-26-24-22-20-18-14-12-10-8-6-4-2/h9-12,15-16,32H,3-8,13-14,17-31H2,1-2H3,(H2,37,38,39)/b11-9-,12-10-,16-15-. The first-order chi connectivity index (χ1) is 20.8. The molecule has 0 heterocycles. The molecule has 9 heteroatoms. The molecule has 0 aliphatic rings. The first-order valence-electron chi connectivity index (χ1n) is 16.8. The highest BCUT2D eigenvalue weighted by atomic mass is 31.2. The van der Waals surface area contributed by atoms with Crippen molar-refractivity contribution in [2.75, 3.05) is 13.2 Å². The first kappa shape index (κ1) is 41.3. The summed E-state index contributed by atoms with van der Waals surface area (Å²) in [5, 5.41) is 0. The van der Waals surface area contributed by atoms with E-state index in [0.29, 0.717) is 12.8 Å². The normalized spacial score (nSPS) is 12.9. The summed E-state index contributed by atoms with van der Waals surface area (Å²) in [6, 6.07) is 0. The average Bonchev–Trinajstić information content (AvgIpc) is 2.97. The van der Waals surface area contributed by atoms with Crippen LogP contribution in [0.25, 0.3) is 0 Å². The van der Waals surface area contributed by atoms with Gasteiger partial charge in [0.05, 0.1) is 6.61 Å². The minimum Gasteiger partial charge on any atom is -0.462 e. The Morgan fingerprint density at radius 3 is 1.56 bits per heavy atom. The lowest BCUT2D eigenvalue weighted by Gasteiger charge is -2.18. The molecule has 0 aromatic carbocycles. The van der Waals surface area contributed by atoms with Gasteiger partial charge in [0.15, 0.2) is 6.10 Å². The van der Waals surface area contributed by atoms with E-state index in [9.17, 15) is 14.2 Å². The van der Waals surface area contributed by atoms with Crippen molar-refractivity contribution in [1.82, 2.24) is 0 Å². The molecule has 1 atom stereocenters. The fourth-order valence-electron chi connectivity index (χ4n) is 4.31. The maximum absolute atomic E-state index is 12.3. The van der Waals surface area contributed by atoms with Gasteiger partial charge in [0, 0.05) is 12.8 Å². The third-order valence-corrected chi connectivity index (χ3v) is 7.37. The molecule has 2 N–H and O–H groups in total. The number of esters is 2. The number of unbranched alkanes of at least 4 members (excludes halogenated alkanes) is 14. The van der Waals surface area contributed by atoms with Crippen LogP contribution in [0, 0.1) is 0 Å². The largest absolute Gasteiger partial charge is 0.469 e. The monoisotopic (exact) mass is 628 g/mol. The van der Waals surface area contributed by atoms with Crippen molar-refractivity contribution in [3.8, 4) is 0 Å². The molecule has 0 fully saturated rings. The Labute approximate surface area is 262 Å². The van der Waals surface area contributed by atoms with Crippen molar-refractivity contribution < 1.29 is 37.9 Å². The van der Waals surface area contributed by atoms with Gasteiger partial charge >= 0.3 is 19.8 Å². The van der Waals surface area contributed by atoms with Gasteiger partial charge in [0.25, 0.3) is 0 Å².